The second kappa shape index (κ2) is 9.48. The Morgan fingerprint density at radius 1 is 1.21 bits per heavy atom. The first-order chi connectivity index (χ1) is 15.7. The van der Waals surface area contributed by atoms with Gasteiger partial charge in [-0.25, -0.2) is 4.98 Å². The van der Waals surface area contributed by atoms with Crippen LogP contribution in [0.25, 0.3) is 11.5 Å². The first kappa shape index (κ1) is 23.2. The lowest BCUT2D eigenvalue weighted by atomic mass is 10.1. The highest BCUT2D eigenvalue weighted by molar-refractivity contribution is 7.99. The molecule has 1 aliphatic rings. The number of benzene rings is 2. The molecule has 4 rings (SSSR count). The molecular formula is C23H21F3N2O4S. The van der Waals surface area contributed by atoms with Crippen LogP contribution in [-0.4, -0.2) is 34.5 Å². The Morgan fingerprint density at radius 2 is 1.91 bits per heavy atom. The molecule has 2 N–H and O–H groups in total. The summed E-state index contributed by atoms with van der Waals surface area (Å²) in [6, 6.07) is 11.6. The maximum absolute atomic E-state index is 12.7. The standard InChI is InChI=1S/C23H21F3N2O4S/c1-13-18(27-20(32-13)14-2-6-16(7-3-14)23(24,25)26)10-11-31-17-8-4-15(5-9-17)21-28-19(12-33-21)22(29)30/h2-9,19,21,28H,10-12H2,1H3,(H,29,30)/t19?,21-/m1/s1. The molecule has 3 aromatic rings. The van der Waals surface area contributed by atoms with E-state index in [4.69, 9.17) is 14.3 Å². The van der Waals surface area contributed by atoms with E-state index in [0.717, 1.165) is 17.7 Å². The molecule has 0 amide bonds. The lowest BCUT2D eigenvalue weighted by molar-refractivity contribution is -0.139. The molecule has 10 heteroatoms. The van der Waals surface area contributed by atoms with Crippen LogP contribution in [0.5, 0.6) is 5.75 Å². The number of aliphatic carboxylic acids is 1. The van der Waals surface area contributed by atoms with Crippen LogP contribution < -0.4 is 10.1 Å². The highest BCUT2D eigenvalue weighted by Gasteiger charge is 2.31. The summed E-state index contributed by atoms with van der Waals surface area (Å²) in [7, 11) is 0. The third kappa shape index (κ3) is 5.51. The van der Waals surface area contributed by atoms with Gasteiger partial charge in [0.1, 0.15) is 17.6 Å². The molecule has 174 valence electrons. The number of carbonyl (C=O) groups is 1. The topological polar surface area (TPSA) is 84.6 Å². The molecule has 0 spiro atoms. The molecule has 1 aromatic heterocycles. The van der Waals surface area contributed by atoms with Crippen molar-refractivity contribution in [2.75, 3.05) is 12.4 Å². The Kier molecular flexibility index (Phi) is 6.66. The number of thioether (sulfide) groups is 1. The predicted octanol–water partition coefficient (Wildman–Crippen LogP) is 5.08. The molecular weight excluding hydrogens is 457 g/mol. The number of oxazole rings is 1. The Morgan fingerprint density at radius 3 is 2.52 bits per heavy atom. The normalized spacial score (nSPS) is 18.4. The smallest absolute Gasteiger partial charge is 0.416 e. The fourth-order valence-electron chi connectivity index (χ4n) is 3.40. The molecule has 2 atom stereocenters. The molecule has 0 bridgehead atoms. The van der Waals surface area contributed by atoms with Gasteiger partial charge >= 0.3 is 12.1 Å². The zero-order valence-electron chi connectivity index (χ0n) is 17.6. The molecule has 0 saturated carbocycles. The maximum Gasteiger partial charge on any atom is 0.416 e. The summed E-state index contributed by atoms with van der Waals surface area (Å²) in [5, 5.41) is 12.1. The molecule has 33 heavy (non-hydrogen) atoms. The van der Waals surface area contributed by atoms with Gasteiger partial charge in [0.15, 0.2) is 0 Å². The number of halogens is 3. The van der Waals surface area contributed by atoms with Crippen LogP contribution in [-0.2, 0) is 17.4 Å². The molecule has 0 aliphatic carbocycles. The second-order valence-corrected chi connectivity index (χ2v) is 8.67. The summed E-state index contributed by atoms with van der Waals surface area (Å²) in [6.45, 7) is 2.10. The van der Waals surface area contributed by atoms with Gasteiger partial charge in [0.2, 0.25) is 5.89 Å². The number of carboxylic acids is 1. The largest absolute Gasteiger partial charge is 0.493 e. The number of ether oxygens (including phenoxy) is 1. The Bertz CT molecular complexity index is 1110. The summed E-state index contributed by atoms with van der Waals surface area (Å²) in [5.41, 5.74) is 1.40. The van der Waals surface area contributed by atoms with E-state index in [1.54, 1.807) is 18.7 Å². The van der Waals surface area contributed by atoms with Gasteiger partial charge in [-0.3, -0.25) is 10.1 Å². The molecule has 1 fully saturated rings. The number of hydrogen-bond acceptors (Lipinski definition) is 6. The van der Waals surface area contributed by atoms with Crippen LogP contribution in [0.2, 0.25) is 0 Å². The molecule has 6 nitrogen and oxygen atoms in total. The van der Waals surface area contributed by atoms with Crippen molar-refractivity contribution in [1.29, 1.82) is 0 Å². The monoisotopic (exact) mass is 478 g/mol. The first-order valence-corrected chi connectivity index (χ1v) is 11.2. The van der Waals surface area contributed by atoms with Crippen LogP contribution in [0, 0.1) is 6.92 Å². The van der Waals surface area contributed by atoms with E-state index in [0.29, 0.717) is 41.5 Å². The average Bonchev–Trinajstić information content (AvgIpc) is 3.41. The van der Waals surface area contributed by atoms with Gasteiger partial charge in [-0.05, 0) is 48.9 Å². The predicted molar refractivity (Wildman–Crippen MR) is 117 cm³/mol. The minimum atomic E-state index is -4.39. The summed E-state index contributed by atoms with van der Waals surface area (Å²) in [4.78, 5) is 15.5. The van der Waals surface area contributed by atoms with E-state index in [-0.39, 0.29) is 11.3 Å². The summed E-state index contributed by atoms with van der Waals surface area (Å²) in [5.74, 6) is 1.18. The van der Waals surface area contributed by atoms with E-state index >= 15 is 0 Å². The van der Waals surface area contributed by atoms with Crippen molar-refractivity contribution in [2.24, 2.45) is 0 Å². The first-order valence-electron chi connectivity index (χ1n) is 10.2. The summed E-state index contributed by atoms with van der Waals surface area (Å²) in [6.07, 6.45) is -3.92. The average molecular weight is 478 g/mol. The van der Waals surface area contributed by atoms with Crippen molar-refractivity contribution in [2.45, 2.75) is 30.9 Å². The van der Waals surface area contributed by atoms with E-state index in [1.807, 2.05) is 24.3 Å². The third-order valence-corrected chi connectivity index (χ3v) is 6.49. The lowest BCUT2D eigenvalue weighted by Crippen LogP contribution is -2.33. The van der Waals surface area contributed by atoms with E-state index in [9.17, 15) is 18.0 Å². The number of nitrogens with one attached hydrogen (secondary N) is 1. The zero-order chi connectivity index (χ0) is 23.6. The maximum atomic E-state index is 12.7. The van der Waals surface area contributed by atoms with E-state index in [1.165, 1.54) is 12.1 Å². The van der Waals surface area contributed by atoms with Crippen LogP contribution in [0.1, 0.15) is 28.0 Å². The van der Waals surface area contributed by atoms with Gasteiger partial charge in [-0.15, -0.1) is 11.8 Å². The van der Waals surface area contributed by atoms with Gasteiger partial charge in [-0.2, -0.15) is 13.2 Å². The fourth-order valence-corrected chi connectivity index (χ4v) is 4.63. The number of carboxylic acid groups (broad SMARTS) is 1. The molecule has 1 saturated heterocycles. The number of alkyl halides is 3. The Balaban J connectivity index is 1.32. The van der Waals surface area contributed by atoms with Crippen LogP contribution in [0.4, 0.5) is 13.2 Å². The van der Waals surface area contributed by atoms with Crippen molar-refractivity contribution >= 4 is 17.7 Å². The number of aryl methyl sites for hydroxylation is 1. The van der Waals surface area contributed by atoms with E-state index < -0.39 is 23.8 Å². The quantitative estimate of drug-likeness (QED) is 0.490. The number of hydrogen-bond donors (Lipinski definition) is 2. The van der Waals surface area contributed by atoms with Crippen LogP contribution >= 0.6 is 11.8 Å². The molecule has 1 unspecified atom stereocenters. The summed E-state index contributed by atoms with van der Waals surface area (Å²) < 4.78 is 49.6. The number of aromatic nitrogens is 1. The second-order valence-electron chi connectivity index (χ2n) is 7.54. The van der Waals surface area contributed by atoms with Gasteiger partial charge in [0, 0.05) is 17.7 Å². The van der Waals surface area contributed by atoms with Gasteiger partial charge in [0.25, 0.3) is 0 Å². The highest BCUT2D eigenvalue weighted by Crippen LogP contribution is 2.34. The minimum Gasteiger partial charge on any atom is -0.493 e. The van der Waals surface area contributed by atoms with Crippen molar-refractivity contribution in [3.63, 3.8) is 0 Å². The van der Waals surface area contributed by atoms with Gasteiger partial charge in [0.05, 0.1) is 23.2 Å². The zero-order valence-corrected chi connectivity index (χ0v) is 18.4. The number of nitrogens with zero attached hydrogens (tertiary/aromatic N) is 1. The van der Waals surface area contributed by atoms with Gasteiger partial charge < -0.3 is 14.3 Å². The molecule has 1 aliphatic heterocycles. The van der Waals surface area contributed by atoms with Crippen molar-refractivity contribution < 1.29 is 32.2 Å². The molecule has 2 aromatic carbocycles. The van der Waals surface area contributed by atoms with Crippen LogP contribution in [0.3, 0.4) is 0 Å². The molecule has 0 radical (unpaired) electrons. The third-order valence-electron chi connectivity index (χ3n) is 5.22. The van der Waals surface area contributed by atoms with Crippen molar-refractivity contribution in [3.05, 3.63) is 71.1 Å². The number of rotatable bonds is 7. The van der Waals surface area contributed by atoms with Crippen molar-refractivity contribution in [3.8, 4) is 17.2 Å². The molecule has 2 heterocycles. The minimum absolute atomic E-state index is 0.0680. The lowest BCUT2D eigenvalue weighted by Gasteiger charge is -2.12. The van der Waals surface area contributed by atoms with Gasteiger partial charge in [-0.1, -0.05) is 12.1 Å². The Labute approximate surface area is 192 Å². The van der Waals surface area contributed by atoms with Crippen molar-refractivity contribution in [1.82, 2.24) is 10.3 Å². The Hall–Kier alpha value is -2.98. The highest BCUT2D eigenvalue weighted by atomic mass is 32.2. The van der Waals surface area contributed by atoms with E-state index in [2.05, 4.69) is 10.3 Å². The summed E-state index contributed by atoms with van der Waals surface area (Å²) >= 11 is 1.55. The fraction of sp³-hybridized carbons (Fsp3) is 0.304. The SMILES string of the molecule is Cc1oc(-c2ccc(C(F)(F)F)cc2)nc1CCOc1ccc([C@@H]2NC(C(=O)O)CS2)cc1. The van der Waals surface area contributed by atoms with Crippen LogP contribution in [0.15, 0.2) is 52.9 Å².